The van der Waals surface area contributed by atoms with Crippen LogP contribution in [-0.4, -0.2) is 29.5 Å². The van der Waals surface area contributed by atoms with Gasteiger partial charge in [0.05, 0.1) is 45.2 Å². The Morgan fingerprint density at radius 2 is 0.455 bits per heavy atom. The van der Waals surface area contributed by atoms with E-state index in [2.05, 4.69) is 417 Å². The molecule has 121 heavy (non-hydrogen) atoms. The number of hydrogen-bond acceptors (Lipinski definition) is 5. The lowest BCUT2D eigenvalue weighted by molar-refractivity contribution is 1.07. The quantitative estimate of drug-likeness (QED) is 0.108. The summed E-state index contributed by atoms with van der Waals surface area (Å²) in [6.45, 7) is 0. The first-order chi connectivity index (χ1) is 60.0. The number of fused-ring (bicyclic) bond motifs is 10. The summed E-state index contributed by atoms with van der Waals surface area (Å²) >= 11 is 0. The molecule has 23 aromatic rings. The molecule has 0 fully saturated rings. The maximum absolute atomic E-state index is 5.59. The van der Waals surface area contributed by atoms with Crippen LogP contribution in [0, 0.1) is 0 Å². The molecular formula is C115H74N6. The number of rotatable bonds is 13. The van der Waals surface area contributed by atoms with Gasteiger partial charge in [-0.3, -0.25) is 4.57 Å². The van der Waals surface area contributed by atoms with Gasteiger partial charge in [0.15, 0.2) is 5.82 Å². The summed E-state index contributed by atoms with van der Waals surface area (Å²) in [7, 11) is 0. The summed E-state index contributed by atoms with van der Waals surface area (Å²) < 4.78 is 2.31. The predicted molar refractivity (Wildman–Crippen MR) is 506 cm³/mol. The maximum Gasteiger partial charge on any atom is 0.160 e. The van der Waals surface area contributed by atoms with E-state index in [-0.39, 0.29) is 0 Å². The minimum atomic E-state index is 0.701. The third kappa shape index (κ3) is 13.2. The van der Waals surface area contributed by atoms with E-state index in [0.717, 1.165) is 134 Å². The van der Waals surface area contributed by atoms with Gasteiger partial charge in [-0.2, -0.15) is 0 Å². The molecule has 564 valence electrons. The fraction of sp³-hybridized carbons (Fsp3) is 0. The monoisotopic (exact) mass is 1540 g/mol. The lowest BCUT2D eigenvalue weighted by atomic mass is 9.88. The highest BCUT2D eigenvalue weighted by molar-refractivity contribution is 6.21. The van der Waals surface area contributed by atoms with Crippen molar-refractivity contribution in [3.05, 3.63) is 449 Å². The number of hydrogen-bond donors (Lipinski definition) is 0. The van der Waals surface area contributed by atoms with Gasteiger partial charge in [0.1, 0.15) is 5.82 Å². The highest BCUT2D eigenvalue weighted by Crippen LogP contribution is 2.48. The van der Waals surface area contributed by atoms with E-state index in [1.807, 2.05) is 36.4 Å². The summed E-state index contributed by atoms with van der Waals surface area (Å²) in [5.74, 6) is 1.59. The highest BCUT2D eigenvalue weighted by atomic mass is 15.1. The number of nitrogens with zero attached hydrogens (tertiary/aromatic N) is 6. The second kappa shape index (κ2) is 30.8. The van der Waals surface area contributed by atoms with Crippen LogP contribution >= 0.6 is 0 Å². The number of benzene rings is 19. The first-order valence-electron chi connectivity index (χ1n) is 41.2. The molecule has 0 atom stereocenters. The van der Waals surface area contributed by atoms with Gasteiger partial charge in [-0.1, -0.05) is 406 Å². The van der Waals surface area contributed by atoms with Crippen LogP contribution in [0.15, 0.2) is 449 Å². The van der Waals surface area contributed by atoms with Crippen LogP contribution in [0.4, 0.5) is 0 Å². The molecule has 6 nitrogen and oxygen atoms in total. The summed E-state index contributed by atoms with van der Waals surface area (Å²) in [5.41, 5.74) is 26.4. The SMILES string of the molecule is c1ccc(-c2cc(-c3ccc(-c4cc(-c5cccc6ccccc56)c5cc(-c6cccc7ccccc67)c6ccccc6c5n4)cc3)nc(-c3ccccc3)n2)cc1.c1ccc(-c2nc(-c3ccccc3)n(-c3ccc(-c4cc(-c5cccc6ccccc56)c5cc(-c6cccc7ccccc67)c6ccccc6c5n4)cc3)c2-c2ccccc2)cc1. The second-order valence-corrected chi connectivity index (χ2v) is 30.8. The van der Waals surface area contributed by atoms with E-state index in [0.29, 0.717) is 5.82 Å². The first kappa shape index (κ1) is 71.4. The Kier molecular flexibility index (Phi) is 18.2. The zero-order valence-electron chi connectivity index (χ0n) is 65.9. The van der Waals surface area contributed by atoms with Crippen molar-refractivity contribution in [2.45, 2.75) is 0 Å². The Morgan fingerprint density at radius 1 is 0.165 bits per heavy atom. The molecule has 0 radical (unpaired) electrons. The van der Waals surface area contributed by atoms with Crippen molar-refractivity contribution in [1.29, 1.82) is 0 Å². The van der Waals surface area contributed by atoms with E-state index in [1.165, 1.54) is 87.2 Å². The molecule has 0 spiro atoms. The normalized spacial score (nSPS) is 11.5. The fourth-order valence-electron chi connectivity index (χ4n) is 17.9. The van der Waals surface area contributed by atoms with Crippen molar-refractivity contribution < 1.29 is 0 Å². The molecule has 6 heteroatoms. The van der Waals surface area contributed by atoms with Crippen LogP contribution < -0.4 is 0 Å². The molecule has 0 aliphatic carbocycles. The van der Waals surface area contributed by atoms with E-state index >= 15 is 0 Å². The molecule has 0 unspecified atom stereocenters. The molecule has 0 aliphatic rings. The Hall–Kier alpha value is -16.2. The van der Waals surface area contributed by atoms with Crippen molar-refractivity contribution in [3.8, 4) is 141 Å². The third-order valence-corrected chi connectivity index (χ3v) is 23.7. The molecule has 23 rings (SSSR count). The van der Waals surface area contributed by atoms with Gasteiger partial charge in [-0.25, -0.2) is 24.9 Å². The summed E-state index contributed by atoms with van der Waals surface area (Å²) in [6, 6.07) is 160. The Balaban J connectivity index is 0.000000145. The standard InChI is InChI=1S/C60H39N3.C55H35N3/c1-4-20-43(21-5-1)57-59(44-22-6-2-7-23-44)63(60(62-57)45-24-8-3-9-25-45)46-36-34-42(35-37-46)56-39-54(50-33-17-27-41-19-11-13-29-48(41)50)55-38-53(51-30-14-15-31-52(51)58(55)61-56)49-32-16-26-40-18-10-12-28-47(40)49;1-3-17-38(18-4-1)52-35-53(58-55(57-52)41-19-5-2-6-20-41)40-31-29-39(30-32-40)51-34-49(45-28-14-22-37-16-8-10-24-43(37)45)50-33-48(46-25-11-12-26-47(46)54(50)56-51)44-27-13-21-36-15-7-9-23-42(36)44/h1-39H;1-35H. The minimum Gasteiger partial charge on any atom is -0.292 e. The number of pyridine rings is 2. The number of aromatic nitrogens is 6. The number of imidazole rings is 1. The Bertz CT molecular complexity index is 7830. The zero-order valence-corrected chi connectivity index (χ0v) is 65.9. The van der Waals surface area contributed by atoms with Gasteiger partial charge in [0.2, 0.25) is 0 Å². The van der Waals surface area contributed by atoms with Crippen LogP contribution in [0.2, 0.25) is 0 Å². The molecule has 4 heterocycles. The van der Waals surface area contributed by atoms with E-state index in [1.54, 1.807) is 0 Å². The molecule has 0 aliphatic heterocycles. The molecule has 0 N–H and O–H groups in total. The predicted octanol–water partition coefficient (Wildman–Crippen LogP) is 30.4. The summed E-state index contributed by atoms with van der Waals surface area (Å²) in [4.78, 5) is 26.6. The first-order valence-corrected chi connectivity index (χ1v) is 41.2. The van der Waals surface area contributed by atoms with Crippen LogP contribution in [-0.2, 0) is 0 Å². The molecule has 0 amide bonds. The molecule has 19 aromatic carbocycles. The Morgan fingerprint density at radius 3 is 0.851 bits per heavy atom. The molecule has 0 saturated heterocycles. The smallest absolute Gasteiger partial charge is 0.160 e. The topological polar surface area (TPSA) is 69.4 Å². The van der Waals surface area contributed by atoms with Gasteiger partial charge in [0, 0.05) is 71.7 Å². The largest absolute Gasteiger partial charge is 0.292 e. The van der Waals surface area contributed by atoms with E-state index in [9.17, 15) is 0 Å². The average molecular weight is 1540 g/mol. The van der Waals surface area contributed by atoms with E-state index < -0.39 is 0 Å². The van der Waals surface area contributed by atoms with Crippen LogP contribution in [0.1, 0.15) is 0 Å². The van der Waals surface area contributed by atoms with Crippen molar-refractivity contribution in [2.75, 3.05) is 0 Å². The second-order valence-electron chi connectivity index (χ2n) is 30.8. The van der Waals surface area contributed by atoms with Crippen molar-refractivity contribution in [3.63, 3.8) is 0 Å². The van der Waals surface area contributed by atoms with Crippen LogP contribution in [0.3, 0.4) is 0 Å². The van der Waals surface area contributed by atoms with Crippen molar-refractivity contribution in [2.24, 2.45) is 0 Å². The summed E-state index contributed by atoms with van der Waals surface area (Å²) in [5, 5.41) is 16.6. The lowest BCUT2D eigenvalue weighted by Gasteiger charge is -2.18. The van der Waals surface area contributed by atoms with Gasteiger partial charge >= 0.3 is 0 Å². The summed E-state index contributed by atoms with van der Waals surface area (Å²) in [6.07, 6.45) is 0. The fourth-order valence-corrected chi connectivity index (χ4v) is 17.9. The zero-order chi connectivity index (χ0) is 80.1. The van der Waals surface area contributed by atoms with Gasteiger partial charge in [0.25, 0.3) is 0 Å². The molecule has 4 aromatic heterocycles. The highest BCUT2D eigenvalue weighted by Gasteiger charge is 2.26. The minimum absolute atomic E-state index is 0.701. The van der Waals surface area contributed by atoms with Gasteiger partial charge in [-0.05, 0) is 141 Å². The van der Waals surface area contributed by atoms with Crippen molar-refractivity contribution in [1.82, 2.24) is 29.5 Å². The molecular weight excluding hydrogens is 1470 g/mol. The van der Waals surface area contributed by atoms with Gasteiger partial charge < -0.3 is 0 Å². The van der Waals surface area contributed by atoms with Crippen LogP contribution in [0.5, 0.6) is 0 Å². The Labute approximate surface area is 700 Å². The maximum atomic E-state index is 5.59. The van der Waals surface area contributed by atoms with Crippen LogP contribution in [0.25, 0.3) is 227 Å². The van der Waals surface area contributed by atoms with Gasteiger partial charge in [-0.15, -0.1) is 0 Å². The van der Waals surface area contributed by atoms with Crippen molar-refractivity contribution >= 4 is 86.4 Å². The van der Waals surface area contributed by atoms with E-state index in [4.69, 9.17) is 24.9 Å². The third-order valence-electron chi connectivity index (χ3n) is 23.7. The average Bonchev–Trinajstić information content (AvgIpc) is 1.33. The molecule has 0 bridgehead atoms. The lowest BCUT2D eigenvalue weighted by Crippen LogP contribution is -2.00. The molecule has 0 saturated carbocycles.